The van der Waals surface area contributed by atoms with E-state index >= 15 is 0 Å². The molecule has 3 rings (SSSR count). The van der Waals surface area contributed by atoms with Crippen molar-refractivity contribution in [3.63, 3.8) is 0 Å². The van der Waals surface area contributed by atoms with Gasteiger partial charge in [-0.2, -0.15) is 5.10 Å². The maximum absolute atomic E-state index is 12.1. The molecule has 0 heterocycles. The number of phenolic OH excluding ortho intramolecular Hbond substituents is 1. The largest absolute Gasteiger partial charge is 0.508 e. The van der Waals surface area contributed by atoms with E-state index in [0.717, 1.165) is 0 Å². The molecule has 0 aliphatic heterocycles. The molecular weight excluding hydrogens is 342 g/mol. The molecular formula is C21H17N3O3. The molecule has 6 heteroatoms. The Morgan fingerprint density at radius 2 is 1.52 bits per heavy atom. The van der Waals surface area contributed by atoms with Crippen molar-refractivity contribution in [1.29, 1.82) is 0 Å². The van der Waals surface area contributed by atoms with Crippen molar-refractivity contribution < 1.29 is 14.7 Å². The van der Waals surface area contributed by atoms with Crippen molar-refractivity contribution in [2.45, 2.75) is 0 Å². The van der Waals surface area contributed by atoms with Gasteiger partial charge in [-0.05, 0) is 54.1 Å². The Morgan fingerprint density at radius 3 is 2.22 bits per heavy atom. The van der Waals surface area contributed by atoms with Gasteiger partial charge in [0.15, 0.2) is 0 Å². The van der Waals surface area contributed by atoms with Crippen molar-refractivity contribution >= 4 is 23.7 Å². The molecule has 0 fully saturated rings. The molecule has 3 aromatic rings. The van der Waals surface area contributed by atoms with Gasteiger partial charge in [0.2, 0.25) is 0 Å². The molecule has 0 aliphatic carbocycles. The second-order valence-corrected chi connectivity index (χ2v) is 5.69. The predicted octanol–water partition coefficient (Wildman–Crippen LogP) is 3.41. The molecule has 6 nitrogen and oxygen atoms in total. The second-order valence-electron chi connectivity index (χ2n) is 5.69. The zero-order valence-electron chi connectivity index (χ0n) is 14.3. The minimum Gasteiger partial charge on any atom is -0.508 e. The van der Waals surface area contributed by atoms with Crippen LogP contribution in [-0.4, -0.2) is 23.1 Å². The van der Waals surface area contributed by atoms with E-state index in [1.54, 1.807) is 66.7 Å². The van der Waals surface area contributed by atoms with Crippen LogP contribution in [0, 0.1) is 0 Å². The van der Waals surface area contributed by atoms with E-state index in [9.17, 15) is 14.7 Å². The molecule has 0 atom stereocenters. The summed E-state index contributed by atoms with van der Waals surface area (Å²) in [5.74, 6) is -0.478. The summed E-state index contributed by atoms with van der Waals surface area (Å²) in [5, 5.41) is 16.0. The van der Waals surface area contributed by atoms with Crippen molar-refractivity contribution in [2.75, 3.05) is 5.32 Å². The highest BCUT2D eigenvalue weighted by Crippen LogP contribution is 2.12. The second kappa shape index (κ2) is 8.44. The lowest BCUT2D eigenvalue weighted by Crippen LogP contribution is -2.17. The van der Waals surface area contributed by atoms with Gasteiger partial charge in [0.05, 0.1) is 6.21 Å². The van der Waals surface area contributed by atoms with Crippen LogP contribution in [0.3, 0.4) is 0 Å². The number of nitrogens with one attached hydrogen (secondary N) is 2. The van der Waals surface area contributed by atoms with Crippen LogP contribution in [0.25, 0.3) is 0 Å². The maximum atomic E-state index is 12.1. The average Bonchev–Trinajstić information content (AvgIpc) is 2.69. The Morgan fingerprint density at radius 1 is 0.815 bits per heavy atom. The van der Waals surface area contributed by atoms with Gasteiger partial charge in [0.25, 0.3) is 11.8 Å². The van der Waals surface area contributed by atoms with Gasteiger partial charge in [-0.25, -0.2) is 5.43 Å². The van der Waals surface area contributed by atoms with Gasteiger partial charge in [-0.1, -0.05) is 30.3 Å². The maximum Gasteiger partial charge on any atom is 0.271 e. The quantitative estimate of drug-likeness (QED) is 0.482. The molecule has 0 spiro atoms. The number of carbonyl (C=O) groups excluding carboxylic acids is 2. The highest BCUT2D eigenvalue weighted by molar-refractivity contribution is 6.04. The van der Waals surface area contributed by atoms with Crippen molar-refractivity contribution in [1.82, 2.24) is 5.43 Å². The van der Waals surface area contributed by atoms with E-state index in [1.807, 2.05) is 6.07 Å². The topological polar surface area (TPSA) is 90.8 Å². The normalized spacial score (nSPS) is 10.5. The first kappa shape index (κ1) is 17.9. The van der Waals surface area contributed by atoms with Crippen LogP contribution >= 0.6 is 0 Å². The minimum absolute atomic E-state index is 0.124. The molecule has 0 aromatic heterocycles. The molecule has 0 saturated carbocycles. The average molecular weight is 359 g/mol. The molecule has 0 unspecified atom stereocenters. The summed E-state index contributed by atoms with van der Waals surface area (Å²) in [5.41, 5.74) is 4.62. The summed E-state index contributed by atoms with van der Waals surface area (Å²) in [6.07, 6.45) is 1.44. The molecule has 0 bridgehead atoms. The van der Waals surface area contributed by atoms with E-state index in [4.69, 9.17) is 0 Å². The summed E-state index contributed by atoms with van der Waals surface area (Å²) in [7, 11) is 0. The summed E-state index contributed by atoms with van der Waals surface area (Å²) in [6.45, 7) is 0. The molecule has 2 amide bonds. The first-order valence-corrected chi connectivity index (χ1v) is 8.21. The standard InChI is InChI=1S/C21H17N3O3/c25-19-8-4-5-15(13-19)14-22-24-21(27)17-9-11-18(12-10-17)23-20(26)16-6-2-1-3-7-16/h1-14,25H,(H,23,26)(H,24,27)/b22-14+. The van der Waals surface area contributed by atoms with Crippen molar-refractivity contribution in [3.05, 3.63) is 95.6 Å². The Hall–Kier alpha value is -3.93. The van der Waals surface area contributed by atoms with Crippen LogP contribution in [0.4, 0.5) is 5.69 Å². The number of rotatable bonds is 5. The number of hydrogen-bond acceptors (Lipinski definition) is 4. The van der Waals surface area contributed by atoms with E-state index in [-0.39, 0.29) is 17.6 Å². The number of nitrogens with zero attached hydrogens (tertiary/aromatic N) is 1. The molecule has 3 N–H and O–H groups in total. The van der Waals surface area contributed by atoms with Crippen LogP contribution in [0.2, 0.25) is 0 Å². The van der Waals surface area contributed by atoms with Crippen molar-refractivity contribution in [2.24, 2.45) is 5.10 Å². The summed E-state index contributed by atoms with van der Waals surface area (Å²) in [4.78, 5) is 24.2. The van der Waals surface area contributed by atoms with Crippen LogP contribution in [0.5, 0.6) is 5.75 Å². The third-order valence-corrected chi connectivity index (χ3v) is 3.69. The highest BCUT2D eigenvalue weighted by Gasteiger charge is 2.07. The first-order valence-electron chi connectivity index (χ1n) is 8.21. The summed E-state index contributed by atoms with van der Waals surface area (Å²) < 4.78 is 0. The number of phenols is 1. The van der Waals surface area contributed by atoms with Crippen LogP contribution < -0.4 is 10.7 Å². The predicted molar refractivity (Wildman–Crippen MR) is 104 cm³/mol. The first-order chi connectivity index (χ1) is 13.1. The smallest absolute Gasteiger partial charge is 0.271 e. The van der Waals surface area contributed by atoms with Gasteiger partial charge < -0.3 is 10.4 Å². The zero-order chi connectivity index (χ0) is 19.1. The molecule has 0 aliphatic rings. The number of hydrogen-bond donors (Lipinski definition) is 3. The zero-order valence-corrected chi connectivity index (χ0v) is 14.3. The fraction of sp³-hybridized carbons (Fsp3) is 0. The Bertz CT molecular complexity index is 967. The van der Waals surface area contributed by atoms with E-state index in [1.165, 1.54) is 12.3 Å². The summed E-state index contributed by atoms with van der Waals surface area (Å²) >= 11 is 0. The lowest BCUT2D eigenvalue weighted by atomic mass is 10.1. The number of hydrazone groups is 1. The summed E-state index contributed by atoms with van der Waals surface area (Å²) in [6, 6.07) is 21.9. The van der Waals surface area contributed by atoms with Gasteiger partial charge in [-0.15, -0.1) is 0 Å². The lowest BCUT2D eigenvalue weighted by molar-refractivity contribution is 0.0954. The SMILES string of the molecule is O=C(N/N=C/c1cccc(O)c1)c1ccc(NC(=O)c2ccccc2)cc1. The van der Waals surface area contributed by atoms with Gasteiger partial charge >= 0.3 is 0 Å². The fourth-order valence-corrected chi connectivity index (χ4v) is 2.33. The Labute approximate surface area is 156 Å². The Balaban J connectivity index is 1.58. The third-order valence-electron chi connectivity index (χ3n) is 3.69. The number of carbonyl (C=O) groups is 2. The highest BCUT2D eigenvalue weighted by atomic mass is 16.3. The van der Waals surface area contributed by atoms with E-state index in [2.05, 4.69) is 15.8 Å². The lowest BCUT2D eigenvalue weighted by Gasteiger charge is -2.06. The van der Waals surface area contributed by atoms with Gasteiger partial charge in [-0.3, -0.25) is 9.59 Å². The monoisotopic (exact) mass is 359 g/mol. The minimum atomic E-state index is -0.382. The van der Waals surface area contributed by atoms with Crippen LogP contribution in [0.15, 0.2) is 84.0 Å². The molecule has 0 radical (unpaired) electrons. The van der Waals surface area contributed by atoms with E-state index < -0.39 is 0 Å². The van der Waals surface area contributed by atoms with E-state index in [0.29, 0.717) is 22.4 Å². The molecule has 0 saturated heterocycles. The number of anilines is 1. The van der Waals surface area contributed by atoms with Crippen LogP contribution in [0.1, 0.15) is 26.3 Å². The Kier molecular flexibility index (Phi) is 5.59. The number of aromatic hydroxyl groups is 1. The van der Waals surface area contributed by atoms with Gasteiger partial charge in [0.1, 0.15) is 5.75 Å². The third kappa shape index (κ3) is 5.02. The van der Waals surface area contributed by atoms with Gasteiger partial charge in [0, 0.05) is 16.8 Å². The fourth-order valence-electron chi connectivity index (χ4n) is 2.33. The number of benzene rings is 3. The molecule has 134 valence electrons. The molecule has 27 heavy (non-hydrogen) atoms. The number of amides is 2. The van der Waals surface area contributed by atoms with Crippen LogP contribution in [-0.2, 0) is 0 Å². The van der Waals surface area contributed by atoms with Crippen molar-refractivity contribution in [3.8, 4) is 5.75 Å². The molecule has 3 aromatic carbocycles.